The smallest absolute Gasteiger partial charge is 0.305 e. The van der Waals surface area contributed by atoms with Crippen LogP contribution in [0.1, 0.15) is 76.3 Å². The molecule has 5 aromatic rings. The molecule has 0 unspecified atom stereocenters. The van der Waals surface area contributed by atoms with Gasteiger partial charge in [-0.3, -0.25) is 57.6 Å². The highest BCUT2D eigenvalue weighted by Crippen LogP contribution is 2.39. The van der Waals surface area contributed by atoms with E-state index in [9.17, 15) is 52.7 Å². The molecule has 3 aromatic carbocycles. The molecule has 430 valence electrons. The number of carboxylic acids is 2. The number of methoxy groups -OCH3 is 1. The van der Waals surface area contributed by atoms with Crippen LogP contribution in [0.25, 0.3) is 20.2 Å². The minimum atomic E-state index is -1.18. The van der Waals surface area contributed by atoms with Crippen molar-refractivity contribution in [2.75, 3.05) is 66.8 Å². The normalized spacial score (nSPS) is 12.1. The van der Waals surface area contributed by atoms with Gasteiger partial charge in [0.15, 0.2) is 35.5 Å². The molecule has 1 aliphatic heterocycles. The first-order valence-electron chi connectivity index (χ1n) is 25.6. The van der Waals surface area contributed by atoms with Crippen molar-refractivity contribution in [3.8, 4) is 23.0 Å². The van der Waals surface area contributed by atoms with Gasteiger partial charge in [0, 0.05) is 79.5 Å². The van der Waals surface area contributed by atoms with Gasteiger partial charge in [-0.1, -0.05) is 36.8 Å². The van der Waals surface area contributed by atoms with Crippen LogP contribution >= 0.6 is 22.7 Å². The fourth-order valence-electron chi connectivity index (χ4n) is 7.90. The first-order chi connectivity index (χ1) is 38.9. The summed E-state index contributed by atoms with van der Waals surface area (Å²) in [6.07, 6.45) is 3.69. The van der Waals surface area contributed by atoms with Crippen LogP contribution in [0, 0.1) is 0 Å². The maximum Gasteiger partial charge on any atom is 0.305 e. The lowest BCUT2D eigenvalue weighted by Gasteiger charge is -2.19. The number of thiophene rings is 2. The van der Waals surface area contributed by atoms with Gasteiger partial charge in [0.25, 0.3) is 17.7 Å². The first kappa shape index (κ1) is 61.3. The highest BCUT2D eigenvalue weighted by Gasteiger charge is 2.25. The molecule has 0 fully saturated rings. The van der Waals surface area contributed by atoms with Gasteiger partial charge in [0.1, 0.15) is 6.04 Å². The van der Waals surface area contributed by atoms with Gasteiger partial charge in [-0.25, -0.2) is 0 Å². The zero-order valence-corrected chi connectivity index (χ0v) is 46.0. The van der Waals surface area contributed by atoms with E-state index in [2.05, 4.69) is 26.6 Å². The highest BCUT2D eigenvalue weighted by atomic mass is 32.1. The molecule has 0 saturated heterocycles. The van der Waals surface area contributed by atoms with E-state index in [-0.39, 0.29) is 93.4 Å². The van der Waals surface area contributed by atoms with Gasteiger partial charge in [-0.05, 0) is 53.4 Å². The van der Waals surface area contributed by atoms with Gasteiger partial charge in [0.2, 0.25) is 29.5 Å². The third-order valence-corrected chi connectivity index (χ3v) is 14.4. The van der Waals surface area contributed by atoms with Crippen molar-refractivity contribution in [1.29, 1.82) is 0 Å². The molecule has 24 nitrogen and oxygen atoms in total. The van der Waals surface area contributed by atoms with E-state index in [0.29, 0.717) is 62.6 Å². The Bertz CT molecular complexity index is 3160. The number of hydrogen-bond donors (Lipinski definition) is 7. The molecule has 81 heavy (non-hydrogen) atoms. The number of imide groups is 1. The molecule has 7 N–H and O–H groups in total. The fourth-order valence-corrected chi connectivity index (χ4v) is 10.0. The van der Waals surface area contributed by atoms with Gasteiger partial charge < -0.3 is 60.6 Å². The van der Waals surface area contributed by atoms with Crippen LogP contribution in [0.3, 0.4) is 0 Å². The summed E-state index contributed by atoms with van der Waals surface area (Å²) in [5.74, 6) is -5.46. The number of nitrogens with one attached hydrogen (secondary N) is 5. The second-order valence-corrected chi connectivity index (χ2v) is 20.4. The molecule has 26 heteroatoms. The Labute approximate surface area is 472 Å². The van der Waals surface area contributed by atoms with Crippen LogP contribution in [-0.2, 0) is 49.6 Å². The van der Waals surface area contributed by atoms with Crippen molar-refractivity contribution in [2.24, 2.45) is 0 Å². The third-order valence-electron chi connectivity index (χ3n) is 12.2. The van der Waals surface area contributed by atoms with Crippen molar-refractivity contribution in [3.05, 3.63) is 94.2 Å². The van der Waals surface area contributed by atoms with E-state index in [0.717, 1.165) is 26.3 Å². The van der Waals surface area contributed by atoms with Crippen LogP contribution in [0.4, 0.5) is 0 Å². The summed E-state index contributed by atoms with van der Waals surface area (Å²) >= 11 is 2.36. The number of nitrogens with zero attached hydrogens (tertiary/aromatic N) is 2. The number of ether oxygens (including phenoxy) is 4. The van der Waals surface area contributed by atoms with E-state index in [1.807, 2.05) is 0 Å². The van der Waals surface area contributed by atoms with Gasteiger partial charge in [-0.15, -0.1) is 22.7 Å². The Hall–Kier alpha value is -8.91. The molecule has 8 amide bonds. The van der Waals surface area contributed by atoms with Crippen molar-refractivity contribution < 1.29 is 81.9 Å². The van der Waals surface area contributed by atoms with Gasteiger partial charge in [-0.2, -0.15) is 0 Å². The quantitative estimate of drug-likeness (QED) is 0.0134. The Morgan fingerprint density at radius 3 is 1.85 bits per heavy atom. The molecule has 0 spiro atoms. The number of amides is 8. The number of rotatable bonds is 34. The number of ketones is 1. The minimum Gasteiger partial charge on any atom is -0.493 e. The average molecular weight is 1160 g/mol. The molecule has 0 radical (unpaired) electrons. The number of fused-ring (bicyclic) bond motifs is 2. The topological polar surface area (TPSA) is 332 Å². The van der Waals surface area contributed by atoms with Crippen LogP contribution in [0.5, 0.6) is 23.0 Å². The zero-order valence-electron chi connectivity index (χ0n) is 44.3. The molecule has 1 atom stereocenters. The van der Waals surface area contributed by atoms with Crippen molar-refractivity contribution in [2.45, 2.75) is 63.8 Å². The second kappa shape index (κ2) is 30.5. The van der Waals surface area contributed by atoms with E-state index in [1.54, 1.807) is 66.7 Å². The summed E-state index contributed by atoms with van der Waals surface area (Å²) < 4.78 is 25.1. The van der Waals surface area contributed by atoms with Crippen LogP contribution in [0.2, 0.25) is 0 Å². The molecule has 6 rings (SSSR count). The maximum absolute atomic E-state index is 13.5. The number of aliphatic carboxylic acids is 2. The largest absolute Gasteiger partial charge is 0.493 e. The molecule has 2 aromatic heterocycles. The second-order valence-electron chi connectivity index (χ2n) is 18.3. The summed E-state index contributed by atoms with van der Waals surface area (Å²) in [7, 11) is 3.02. The molecule has 0 aliphatic carbocycles. The number of benzene rings is 3. The molecule has 0 saturated carbocycles. The predicted octanol–water partition coefficient (Wildman–Crippen LogP) is 3.58. The van der Waals surface area contributed by atoms with E-state index < -0.39 is 73.9 Å². The lowest BCUT2D eigenvalue weighted by atomic mass is 10.1. The Morgan fingerprint density at radius 2 is 1.19 bits per heavy atom. The molecular formula is C55H61N7O17S2. The lowest BCUT2D eigenvalue weighted by Crippen LogP contribution is -2.52. The number of carbonyl (C=O) groups excluding carboxylic acids is 9. The van der Waals surface area contributed by atoms with Crippen molar-refractivity contribution in [1.82, 2.24) is 36.4 Å². The Kier molecular flexibility index (Phi) is 23.0. The number of unbranched alkanes of at least 4 members (excludes halogenated alkanes) is 2. The van der Waals surface area contributed by atoms with Crippen LogP contribution in [0.15, 0.2) is 78.9 Å². The summed E-state index contributed by atoms with van der Waals surface area (Å²) in [4.78, 5) is 139. The van der Waals surface area contributed by atoms with E-state index in [4.69, 9.17) is 29.2 Å². The van der Waals surface area contributed by atoms with Crippen LogP contribution < -0.4 is 45.5 Å². The molecular weight excluding hydrogens is 1090 g/mol. The van der Waals surface area contributed by atoms with Crippen LogP contribution in [-0.4, -0.2) is 158 Å². The number of carboxylic acid groups (broad SMARTS) is 2. The van der Waals surface area contributed by atoms with E-state index >= 15 is 0 Å². The summed E-state index contributed by atoms with van der Waals surface area (Å²) in [6.45, 7) is -1.32. The fraction of sp³-hybridized carbons (Fsp3) is 0.364. The Morgan fingerprint density at radius 1 is 0.605 bits per heavy atom. The summed E-state index contributed by atoms with van der Waals surface area (Å²) in [5, 5.41) is 32.0. The maximum atomic E-state index is 13.5. The SMILES string of the molecule is COc1cc2sc(C(=O)N(C)CCC(=O)O)cc2cc1OCCCOc1cc2cc(C(=O)CCC(=O)O)sc2cc1OCNC(=O)CNC(=O)[C@H](Cc1ccccc1)NC(=O)CNC(=O)CNC(=O)CCCCCN1C(=O)C=CC1=O. The summed E-state index contributed by atoms with van der Waals surface area (Å²) in [6, 6.07) is 17.7. The monoisotopic (exact) mass is 1160 g/mol. The number of hydrogen-bond acceptors (Lipinski definition) is 17. The van der Waals surface area contributed by atoms with Crippen molar-refractivity contribution >= 4 is 108 Å². The standard InChI is InChI=1S/C55H61N7O17S2/c1-61(19-17-53(72)73)55(75)45-26-35-23-39(38(76-2)27-42(35)81-45)77-20-9-21-78-40-24-34-25-44(37(63)13-16-52(70)71)80-43(34)28-41(40)79-32-59-48(66)30-58-54(74)36(22-33-10-5-3-6-11-33)60-49(67)31-57-47(65)29-56-46(64)12-7-4-8-18-62-50(68)14-15-51(62)69/h3,5-6,10-11,14-15,23-28,36H,4,7-9,12-13,16-22,29-32H2,1-2H3,(H,56,64)(H,57,65)(H,58,74)(H,59,66)(H,60,67)(H,70,71)(H,72,73)/t36-/m0/s1. The zero-order chi connectivity index (χ0) is 58.4. The number of carbonyl (C=O) groups is 11. The first-order valence-corrected chi connectivity index (χ1v) is 27.2. The summed E-state index contributed by atoms with van der Waals surface area (Å²) in [5.41, 5.74) is 0.686. The third kappa shape index (κ3) is 19.2. The molecule has 1 aliphatic rings. The van der Waals surface area contributed by atoms with Gasteiger partial charge in [0.05, 0.1) is 62.6 Å². The minimum absolute atomic E-state index is 0.0305. The number of Topliss-reactive ketones (excluding diaryl/α,β-unsaturated/α-hetero) is 1. The highest BCUT2D eigenvalue weighted by molar-refractivity contribution is 7.21. The average Bonchev–Trinajstić information content (AvgIpc) is 4.21. The molecule has 0 bridgehead atoms. The lowest BCUT2D eigenvalue weighted by molar-refractivity contribution is -0.138. The van der Waals surface area contributed by atoms with Gasteiger partial charge >= 0.3 is 11.9 Å². The molecule has 3 heterocycles. The van der Waals surface area contributed by atoms with E-state index in [1.165, 1.54) is 42.5 Å². The Balaban J connectivity index is 0.991. The van der Waals surface area contributed by atoms with Crippen molar-refractivity contribution in [3.63, 3.8) is 0 Å². The predicted molar refractivity (Wildman–Crippen MR) is 295 cm³/mol.